The molecule has 0 aliphatic carbocycles. The van der Waals surface area contributed by atoms with Crippen LogP contribution in [0.3, 0.4) is 0 Å². The molecule has 8 nitrogen and oxygen atoms in total. The molecule has 1 N–H and O–H groups in total. The van der Waals surface area contributed by atoms with Crippen molar-refractivity contribution in [3.05, 3.63) is 94.5 Å². The summed E-state index contributed by atoms with van der Waals surface area (Å²) < 4.78 is 5.40. The van der Waals surface area contributed by atoms with Crippen LogP contribution in [0.4, 0.5) is 16.2 Å². The summed E-state index contributed by atoms with van der Waals surface area (Å²) in [6.07, 6.45) is 0.755. The number of hydrogen-bond acceptors (Lipinski definition) is 5. The van der Waals surface area contributed by atoms with Crippen LogP contribution in [-0.2, 0) is 16.1 Å². The summed E-state index contributed by atoms with van der Waals surface area (Å²) in [5.74, 6) is -0.291. The Kier molecular flexibility index (Phi) is 6.64. The minimum absolute atomic E-state index is 0.00227. The number of nitro benzene ring substituents is 1. The van der Waals surface area contributed by atoms with Gasteiger partial charge in [0.15, 0.2) is 0 Å². The maximum atomic E-state index is 12.9. The van der Waals surface area contributed by atoms with Gasteiger partial charge < -0.3 is 10.1 Å². The average molecular weight is 445 g/mol. The largest absolute Gasteiger partial charge is 0.445 e. The molecule has 8 heteroatoms. The lowest BCUT2D eigenvalue weighted by molar-refractivity contribution is -0.384. The number of carbonyl (C=O) groups is 2. The minimum atomic E-state index is -0.616. The summed E-state index contributed by atoms with van der Waals surface area (Å²) >= 11 is 0. The zero-order chi connectivity index (χ0) is 23.2. The highest BCUT2D eigenvalue weighted by Gasteiger charge is 2.35. The van der Waals surface area contributed by atoms with Gasteiger partial charge in [0.25, 0.3) is 5.69 Å². The molecule has 33 heavy (non-hydrogen) atoms. The van der Waals surface area contributed by atoms with E-state index >= 15 is 0 Å². The van der Waals surface area contributed by atoms with E-state index in [4.69, 9.17) is 4.74 Å². The first kappa shape index (κ1) is 22.0. The predicted molar refractivity (Wildman–Crippen MR) is 124 cm³/mol. The zero-order valence-electron chi connectivity index (χ0n) is 17.8. The van der Waals surface area contributed by atoms with Crippen LogP contribution in [0, 0.1) is 10.1 Å². The fourth-order valence-electron chi connectivity index (χ4n) is 3.86. The normalized spacial score (nSPS) is 15.2. The topological polar surface area (TPSA) is 102 Å². The van der Waals surface area contributed by atoms with Crippen molar-refractivity contribution < 1.29 is 19.2 Å². The summed E-state index contributed by atoms with van der Waals surface area (Å²) in [5.41, 5.74) is 2.84. The number of anilines is 1. The van der Waals surface area contributed by atoms with Gasteiger partial charge in [0, 0.05) is 24.4 Å². The second kappa shape index (κ2) is 9.95. The SMILES string of the molecule is O=C(Nc1cccc(-c2cccc([N+](=O)[O-])c2)c1)[C@@H]1CCCN1C(=O)OCc1ccccc1. The predicted octanol–water partition coefficient (Wildman–Crippen LogP) is 5.00. The van der Waals surface area contributed by atoms with Crippen LogP contribution in [0.1, 0.15) is 18.4 Å². The van der Waals surface area contributed by atoms with Gasteiger partial charge in [0.2, 0.25) is 5.91 Å². The third-order valence-electron chi connectivity index (χ3n) is 5.52. The summed E-state index contributed by atoms with van der Waals surface area (Å²) in [4.78, 5) is 37.6. The van der Waals surface area contributed by atoms with Crippen molar-refractivity contribution in [2.75, 3.05) is 11.9 Å². The van der Waals surface area contributed by atoms with Gasteiger partial charge in [0.1, 0.15) is 12.6 Å². The van der Waals surface area contributed by atoms with Gasteiger partial charge in [-0.1, -0.05) is 54.6 Å². The number of nitrogens with one attached hydrogen (secondary N) is 1. The van der Waals surface area contributed by atoms with Crippen LogP contribution >= 0.6 is 0 Å². The van der Waals surface area contributed by atoms with Gasteiger partial charge >= 0.3 is 6.09 Å². The summed E-state index contributed by atoms with van der Waals surface area (Å²) in [6.45, 7) is 0.606. The van der Waals surface area contributed by atoms with Crippen LogP contribution in [0.15, 0.2) is 78.9 Å². The molecule has 1 heterocycles. The van der Waals surface area contributed by atoms with E-state index in [2.05, 4.69) is 5.32 Å². The average Bonchev–Trinajstić information content (AvgIpc) is 3.34. The molecule has 0 aromatic heterocycles. The van der Waals surface area contributed by atoms with Gasteiger partial charge in [-0.3, -0.25) is 19.8 Å². The molecule has 0 radical (unpaired) electrons. The van der Waals surface area contributed by atoms with Gasteiger partial charge in [-0.05, 0) is 41.7 Å². The summed E-state index contributed by atoms with van der Waals surface area (Å²) in [5, 5.41) is 13.9. The highest BCUT2D eigenvalue weighted by atomic mass is 16.6. The molecule has 1 atom stereocenters. The van der Waals surface area contributed by atoms with Crippen LogP contribution < -0.4 is 5.32 Å². The van der Waals surface area contributed by atoms with Crippen LogP contribution in [0.5, 0.6) is 0 Å². The van der Waals surface area contributed by atoms with Crippen LogP contribution in [0.2, 0.25) is 0 Å². The van der Waals surface area contributed by atoms with E-state index < -0.39 is 17.1 Å². The number of nitrogens with zero attached hydrogens (tertiary/aromatic N) is 2. The van der Waals surface area contributed by atoms with Crippen molar-refractivity contribution in [2.45, 2.75) is 25.5 Å². The smallest absolute Gasteiger partial charge is 0.410 e. The Morgan fingerprint density at radius 1 is 1.00 bits per heavy atom. The van der Waals surface area contributed by atoms with Crippen molar-refractivity contribution >= 4 is 23.4 Å². The molecule has 1 aliphatic heterocycles. The number of benzene rings is 3. The van der Waals surface area contributed by atoms with Gasteiger partial charge in [-0.15, -0.1) is 0 Å². The molecule has 1 aliphatic rings. The van der Waals surface area contributed by atoms with E-state index in [1.165, 1.54) is 17.0 Å². The Morgan fingerprint density at radius 2 is 1.73 bits per heavy atom. The molecule has 3 aromatic rings. The third kappa shape index (κ3) is 5.35. The van der Waals surface area contributed by atoms with E-state index in [0.717, 1.165) is 11.1 Å². The Hall–Kier alpha value is -4.20. The third-order valence-corrected chi connectivity index (χ3v) is 5.52. The maximum absolute atomic E-state index is 12.9. The Morgan fingerprint density at radius 3 is 2.48 bits per heavy atom. The van der Waals surface area contributed by atoms with Crippen molar-refractivity contribution in [1.29, 1.82) is 0 Å². The lowest BCUT2D eigenvalue weighted by atomic mass is 10.0. The van der Waals surface area contributed by atoms with Gasteiger partial charge in [0.05, 0.1) is 4.92 Å². The second-order valence-electron chi connectivity index (χ2n) is 7.77. The first-order chi connectivity index (χ1) is 16.0. The van der Waals surface area contributed by atoms with Crippen LogP contribution in [-0.4, -0.2) is 34.4 Å². The molecule has 0 saturated carbocycles. The molecule has 0 spiro atoms. The van der Waals surface area contributed by atoms with E-state index in [1.54, 1.807) is 30.3 Å². The van der Waals surface area contributed by atoms with Crippen molar-refractivity contribution in [3.8, 4) is 11.1 Å². The number of rotatable bonds is 6. The van der Waals surface area contributed by atoms with E-state index in [9.17, 15) is 19.7 Å². The Bertz CT molecular complexity index is 1170. The van der Waals surface area contributed by atoms with Crippen molar-refractivity contribution in [2.24, 2.45) is 0 Å². The van der Waals surface area contributed by atoms with Gasteiger partial charge in [-0.25, -0.2) is 4.79 Å². The molecule has 0 unspecified atom stereocenters. The van der Waals surface area contributed by atoms with Crippen molar-refractivity contribution in [1.82, 2.24) is 4.90 Å². The van der Waals surface area contributed by atoms with E-state index in [1.807, 2.05) is 36.4 Å². The second-order valence-corrected chi connectivity index (χ2v) is 7.77. The van der Waals surface area contributed by atoms with Crippen LogP contribution in [0.25, 0.3) is 11.1 Å². The zero-order valence-corrected chi connectivity index (χ0v) is 17.8. The Balaban J connectivity index is 1.42. The molecule has 168 valence electrons. The maximum Gasteiger partial charge on any atom is 0.410 e. The fourth-order valence-corrected chi connectivity index (χ4v) is 3.86. The molecule has 3 aromatic carbocycles. The van der Waals surface area contributed by atoms with Gasteiger partial charge in [-0.2, -0.15) is 0 Å². The number of ether oxygens (including phenoxy) is 1. The first-order valence-corrected chi connectivity index (χ1v) is 10.6. The fraction of sp³-hybridized carbons (Fsp3) is 0.200. The number of likely N-dealkylation sites (tertiary alicyclic amines) is 1. The minimum Gasteiger partial charge on any atom is -0.445 e. The molecular formula is C25H23N3O5. The number of carbonyl (C=O) groups excluding carboxylic acids is 2. The quantitative estimate of drug-likeness (QED) is 0.425. The lowest BCUT2D eigenvalue weighted by Crippen LogP contribution is -2.43. The first-order valence-electron chi connectivity index (χ1n) is 10.6. The number of nitro groups is 1. The standard InChI is InChI=1S/C25H23N3O5/c29-24(23-13-6-14-27(23)25(30)33-17-18-7-2-1-3-8-18)26-21-11-4-9-19(15-21)20-10-5-12-22(16-20)28(31)32/h1-5,7-12,15-16,23H,6,13-14,17H2,(H,26,29)/t23-/m0/s1. The van der Waals surface area contributed by atoms with Crippen molar-refractivity contribution in [3.63, 3.8) is 0 Å². The Labute approximate surface area is 190 Å². The monoisotopic (exact) mass is 445 g/mol. The molecule has 2 amide bonds. The van der Waals surface area contributed by atoms with E-state index in [0.29, 0.717) is 30.6 Å². The molecule has 0 bridgehead atoms. The number of hydrogen-bond donors (Lipinski definition) is 1. The summed E-state index contributed by atoms with van der Waals surface area (Å²) in [7, 11) is 0. The lowest BCUT2D eigenvalue weighted by Gasteiger charge is -2.23. The van der Waals surface area contributed by atoms with E-state index in [-0.39, 0.29) is 18.2 Å². The molecule has 1 saturated heterocycles. The number of amides is 2. The summed E-state index contributed by atoms with van der Waals surface area (Å²) in [6, 6.07) is 22.2. The molecule has 1 fully saturated rings. The molecule has 4 rings (SSSR count). The molecular weight excluding hydrogens is 422 g/mol. The highest BCUT2D eigenvalue weighted by molar-refractivity contribution is 5.97. The number of non-ortho nitro benzene ring substituents is 1. The highest BCUT2D eigenvalue weighted by Crippen LogP contribution is 2.27.